The maximum Gasteiger partial charge on any atom is 0.240 e. The maximum absolute atomic E-state index is 10.6. The number of hydrogen-bond acceptors (Lipinski definition) is 2. The monoisotopic (exact) mass is 200 g/mol. The molecule has 0 N–H and O–H groups in total. The van der Waals surface area contributed by atoms with Crippen LogP contribution in [-0.2, 0) is 4.79 Å². The van der Waals surface area contributed by atoms with Crippen LogP contribution in [0.5, 0.6) is 0 Å². The van der Waals surface area contributed by atoms with Crippen molar-refractivity contribution in [3.63, 3.8) is 0 Å². The van der Waals surface area contributed by atoms with Crippen LogP contribution in [-0.4, -0.2) is 15.4 Å². The lowest BCUT2D eigenvalue weighted by molar-refractivity contribution is -0.113. The van der Waals surface area contributed by atoms with Gasteiger partial charge >= 0.3 is 0 Å². The summed E-state index contributed by atoms with van der Waals surface area (Å²) in [5.41, 5.74) is 0. The van der Waals surface area contributed by atoms with Crippen LogP contribution in [0.4, 0.5) is 4.79 Å². The van der Waals surface area contributed by atoms with E-state index in [9.17, 15) is 9.59 Å². The van der Waals surface area contributed by atoms with E-state index in [1.54, 1.807) is 13.8 Å². The molecule has 0 heterocycles. The van der Waals surface area contributed by atoms with E-state index in [0.717, 1.165) is 0 Å². The Morgan fingerprint density at radius 2 is 1.70 bits per heavy atom. The molecule has 1 atom stereocenters. The van der Waals surface area contributed by atoms with Crippen molar-refractivity contribution in [2.75, 3.05) is 0 Å². The van der Waals surface area contributed by atoms with Gasteiger partial charge in [0.15, 0.2) is 0 Å². The predicted octanol–water partition coefficient (Wildman–Crippen LogP) is 2.57. The Bertz CT molecular complexity index is 167. The molecule has 58 valence electrons. The molecular formula is C5H7Cl2O2P. The first kappa shape index (κ1) is 10.3. The SMILES string of the molecule is CC(C)(PC(=O)Cl)C(=O)Cl. The van der Waals surface area contributed by atoms with Gasteiger partial charge < -0.3 is 0 Å². The van der Waals surface area contributed by atoms with E-state index in [1.807, 2.05) is 0 Å². The maximum atomic E-state index is 10.6. The Morgan fingerprint density at radius 3 is 1.80 bits per heavy atom. The Labute approximate surface area is 71.0 Å². The molecule has 1 unspecified atom stereocenters. The van der Waals surface area contributed by atoms with Crippen LogP contribution in [0.3, 0.4) is 0 Å². The summed E-state index contributed by atoms with van der Waals surface area (Å²) < 4.78 is 0. The van der Waals surface area contributed by atoms with Crippen LogP contribution in [0, 0.1) is 0 Å². The van der Waals surface area contributed by atoms with E-state index in [-0.39, 0.29) is 8.58 Å². The van der Waals surface area contributed by atoms with Gasteiger partial charge in [-0.05, 0) is 45.6 Å². The minimum Gasteiger partial charge on any atom is -0.280 e. The van der Waals surface area contributed by atoms with E-state index in [2.05, 4.69) is 0 Å². The van der Waals surface area contributed by atoms with E-state index >= 15 is 0 Å². The second-order valence-electron chi connectivity index (χ2n) is 2.30. The lowest BCUT2D eigenvalue weighted by Crippen LogP contribution is -2.21. The zero-order chi connectivity index (χ0) is 8.36. The molecule has 0 fully saturated rings. The van der Waals surface area contributed by atoms with E-state index in [4.69, 9.17) is 23.2 Å². The van der Waals surface area contributed by atoms with Crippen molar-refractivity contribution in [2.45, 2.75) is 19.0 Å². The fourth-order valence-corrected chi connectivity index (χ4v) is 1.73. The minimum absolute atomic E-state index is 0.259. The quantitative estimate of drug-likeness (QED) is 0.519. The molecule has 0 saturated carbocycles. The van der Waals surface area contributed by atoms with Crippen LogP contribution >= 0.6 is 31.8 Å². The van der Waals surface area contributed by atoms with Gasteiger partial charge in [-0.25, -0.2) is 0 Å². The van der Waals surface area contributed by atoms with E-state index in [0.29, 0.717) is 0 Å². The average Bonchev–Trinajstić information content (AvgIpc) is 1.60. The van der Waals surface area contributed by atoms with Gasteiger partial charge in [0.1, 0.15) is 0 Å². The van der Waals surface area contributed by atoms with Crippen molar-refractivity contribution >= 4 is 42.0 Å². The van der Waals surface area contributed by atoms with Crippen molar-refractivity contribution in [3.05, 3.63) is 0 Å². The predicted molar refractivity (Wildman–Crippen MR) is 44.5 cm³/mol. The van der Waals surface area contributed by atoms with Gasteiger partial charge in [-0.15, -0.1) is 0 Å². The molecule has 0 aromatic carbocycles. The molecule has 0 amide bonds. The third kappa shape index (κ3) is 3.50. The number of carbonyl (C=O) groups excluding carboxylic acids is 2. The largest absolute Gasteiger partial charge is 0.280 e. The highest BCUT2D eigenvalue weighted by Crippen LogP contribution is 2.35. The standard InChI is InChI=1S/C5H7Cl2O2P/c1-5(2,3(6)8)10-4(7)9/h10H,1-2H3. The molecule has 0 radical (unpaired) electrons. The summed E-state index contributed by atoms with van der Waals surface area (Å²) >= 11 is 10.2. The van der Waals surface area contributed by atoms with Gasteiger partial charge in [0.25, 0.3) is 0 Å². The van der Waals surface area contributed by atoms with Gasteiger partial charge in [-0.3, -0.25) is 9.59 Å². The molecule has 0 saturated heterocycles. The summed E-state index contributed by atoms with van der Waals surface area (Å²) in [5.74, 6) is 0. The molecule has 0 bridgehead atoms. The number of halogens is 2. The first-order valence-corrected chi connectivity index (χ1v) is 4.29. The zero-order valence-electron chi connectivity index (χ0n) is 5.57. The molecule has 0 spiro atoms. The summed E-state index contributed by atoms with van der Waals surface area (Å²) in [6, 6.07) is 0. The summed E-state index contributed by atoms with van der Waals surface area (Å²) in [7, 11) is -0.259. The van der Waals surface area contributed by atoms with Crippen molar-refractivity contribution in [2.24, 2.45) is 0 Å². The Kier molecular flexibility index (Phi) is 3.79. The summed E-state index contributed by atoms with van der Waals surface area (Å²) in [6.45, 7) is 3.17. The summed E-state index contributed by atoms with van der Waals surface area (Å²) in [6.07, 6.45) is 0. The number of rotatable bonds is 3. The molecular weight excluding hydrogens is 194 g/mol. The molecule has 2 nitrogen and oxygen atoms in total. The van der Waals surface area contributed by atoms with Crippen LogP contribution in [0.15, 0.2) is 0 Å². The van der Waals surface area contributed by atoms with Gasteiger partial charge in [-0.1, -0.05) is 0 Å². The van der Waals surface area contributed by atoms with Crippen molar-refractivity contribution in [1.29, 1.82) is 0 Å². The minimum atomic E-state index is -0.805. The van der Waals surface area contributed by atoms with Crippen LogP contribution < -0.4 is 0 Å². The topological polar surface area (TPSA) is 34.1 Å². The van der Waals surface area contributed by atoms with Gasteiger partial charge in [0.2, 0.25) is 10.2 Å². The highest BCUT2D eigenvalue weighted by atomic mass is 35.5. The first-order chi connectivity index (χ1) is 4.36. The van der Waals surface area contributed by atoms with Crippen molar-refractivity contribution < 1.29 is 9.59 Å². The van der Waals surface area contributed by atoms with Crippen LogP contribution in [0.1, 0.15) is 13.8 Å². The smallest absolute Gasteiger partial charge is 0.240 e. The normalized spacial score (nSPS) is 12.4. The third-order valence-electron chi connectivity index (χ3n) is 0.902. The zero-order valence-corrected chi connectivity index (χ0v) is 8.08. The average molecular weight is 201 g/mol. The Hall–Kier alpha value is 0.350. The van der Waals surface area contributed by atoms with Crippen LogP contribution in [0.25, 0.3) is 0 Å². The number of hydrogen-bond donors (Lipinski definition) is 0. The van der Waals surface area contributed by atoms with Crippen molar-refractivity contribution in [1.82, 2.24) is 0 Å². The number of carbonyl (C=O) groups is 2. The van der Waals surface area contributed by atoms with Gasteiger partial charge in [0.05, 0.1) is 5.16 Å². The second-order valence-corrected chi connectivity index (χ2v) is 5.26. The Balaban J connectivity index is 4.13. The first-order valence-electron chi connectivity index (χ1n) is 2.54. The molecule has 0 aliphatic carbocycles. The van der Waals surface area contributed by atoms with Gasteiger partial charge in [0, 0.05) is 0 Å². The van der Waals surface area contributed by atoms with Gasteiger partial charge in [-0.2, -0.15) is 0 Å². The fraction of sp³-hybridized carbons (Fsp3) is 0.600. The fourth-order valence-electron chi connectivity index (χ4n) is 0.295. The molecule has 0 aliphatic rings. The molecule has 0 aromatic heterocycles. The lowest BCUT2D eigenvalue weighted by atomic mass is 10.2. The third-order valence-corrected chi connectivity index (χ3v) is 2.87. The van der Waals surface area contributed by atoms with E-state index in [1.165, 1.54) is 0 Å². The Morgan fingerprint density at radius 1 is 1.30 bits per heavy atom. The van der Waals surface area contributed by atoms with E-state index < -0.39 is 15.4 Å². The molecule has 0 aromatic rings. The highest BCUT2D eigenvalue weighted by Gasteiger charge is 2.27. The lowest BCUT2D eigenvalue weighted by Gasteiger charge is -2.15. The molecule has 5 heteroatoms. The summed E-state index contributed by atoms with van der Waals surface area (Å²) in [4.78, 5) is 20.4. The van der Waals surface area contributed by atoms with Crippen LogP contribution in [0.2, 0.25) is 0 Å². The second kappa shape index (κ2) is 3.66. The molecule has 0 rings (SSSR count). The highest BCUT2D eigenvalue weighted by molar-refractivity contribution is 7.66. The molecule has 10 heavy (non-hydrogen) atoms. The molecule has 0 aliphatic heterocycles. The summed E-state index contributed by atoms with van der Waals surface area (Å²) in [5, 5.41) is -1.33. The van der Waals surface area contributed by atoms with Crippen molar-refractivity contribution in [3.8, 4) is 0 Å².